The van der Waals surface area contributed by atoms with Crippen LogP contribution in [-0.2, 0) is 6.61 Å². The van der Waals surface area contributed by atoms with Crippen LogP contribution in [0.4, 0.5) is 0 Å². The van der Waals surface area contributed by atoms with Gasteiger partial charge in [0.1, 0.15) is 12.4 Å². The van der Waals surface area contributed by atoms with E-state index in [-0.39, 0.29) is 0 Å². The van der Waals surface area contributed by atoms with Crippen LogP contribution in [0, 0.1) is 0 Å². The van der Waals surface area contributed by atoms with Crippen LogP contribution in [0.2, 0.25) is 0 Å². The van der Waals surface area contributed by atoms with E-state index in [0.717, 1.165) is 11.4 Å². The Morgan fingerprint density at radius 1 is 1.06 bits per heavy atom. The van der Waals surface area contributed by atoms with Crippen LogP contribution in [0.5, 0.6) is 5.75 Å². The summed E-state index contributed by atoms with van der Waals surface area (Å²) in [6.07, 6.45) is 1.78. The quantitative estimate of drug-likeness (QED) is 0.793. The van der Waals surface area contributed by atoms with Crippen molar-refractivity contribution in [3.8, 4) is 5.75 Å². The first-order valence-electron chi connectivity index (χ1n) is 5.89. The summed E-state index contributed by atoms with van der Waals surface area (Å²) in [6, 6.07) is 14.0. The number of benzene rings is 1. The highest BCUT2D eigenvalue weighted by Gasteiger charge is 2.06. The number of aromatic nitrogens is 1. The van der Waals surface area contributed by atoms with E-state index < -0.39 is 0 Å². The Balaban J connectivity index is 2.09. The highest BCUT2D eigenvalue weighted by molar-refractivity contribution is 5.35. The molecule has 0 spiro atoms. The van der Waals surface area contributed by atoms with E-state index in [0.29, 0.717) is 12.5 Å². The lowest BCUT2D eigenvalue weighted by Gasteiger charge is -2.13. The van der Waals surface area contributed by atoms with Crippen molar-refractivity contribution in [1.82, 2.24) is 4.98 Å². The molecule has 1 aromatic heterocycles. The van der Waals surface area contributed by atoms with Crippen LogP contribution < -0.4 is 4.74 Å². The molecule has 1 heterocycles. The van der Waals surface area contributed by atoms with Gasteiger partial charge in [0, 0.05) is 6.20 Å². The molecule has 0 unspecified atom stereocenters. The van der Waals surface area contributed by atoms with Gasteiger partial charge in [-0.3, -0.25) is 4.98 Å². The zero-order valence-corrected chi connectivity index (χ0v) is 10.3. The van der Waals surface area contributed by atoms with Gasteiger partial charge >= 0.3 is 0 Å². The SMILES string of the molecule is CC(C)c1ccccc1OCc1ccccn1. The van der Waals surface area contributed by atoms with Crippen LogP contribution in [0.25, 0.3) is 0 Å². The fraction of sp³-hybridized carbons (Fsp3) is 0.267. The fourth-order valence-corrected chi connectivity index (χ4v) is 1.72. The molecule has 0 amide bonds. The van der Waals surface area contributed by atoms with Crippen LogP contribution >= 0.6 is 0 Å². The van der Waals surface area contributed by atoms with Crippen molar-refractivity contribution >= 4 is 0 Å². The summed E-state index contributed by atoms with van der Waals surface area (Å²) in [6.45, 7) is 4.86. The van der Waals surface area contributed by atoms with E-state index in [9.17, 15) is 0 Å². The molecule has 0 aliphatic carbocycles. The minimum absolute atomic E-state index is 0.468. The highest BCUT2D eigenvalue weighted by atomic mass is 16.5. The minimum atomic E-state index is 0.468. The summed E-state index contributed by atoms with van der Waals surface area (Å²) < 4.78 is 5.82. The smallest absolute Gasteiger partial charge is 0.130 e. The van der Waals surface area contributed by atoms with Gasteiger partial charge in [0.2, 0.25) is 0 Å². The van der Waals surface area contributed by atoms with E-state index in [1.165, 1.54) is 5.56 Å². The molecule has 88 valence electrons. The summed E-state index contributed by atoms with van der Waals surface area (Å²) in [5.41, 5.74) is 2.19. The molecule has 0 fully saturated rings. The van der Waals surface area contributed by atoms with Crippen LogP contribution in [0.15, 0.2) is 48.7 Å². The first-order valence-corrected chi connectivity index (χ1v) is 5.89. The number of rotatable bonds is 4. The maximum atomic E-state index is 5.82. The van der Waals surface area contributed by atoms with E-state index in [4.69, 9.17) is 4.74 Å². The zero-order chi connectivity index (χ0) is 12.1. The second-order valence-corrected chi connectivity index (χ2v) is 4.30. The Bertz CT molecular complexity index is 465. The Labute approximate surface area is 102 Å². The third-order valence-corrected chi connectivity index (χ3v) is 2.64. The normalized spacial score (nSPS) is 10.5. The van der Waals surface area contributed by atoms with E-state index >= 15 is 0 Å². The molecule has 0 atom stereocenters. The predicted molar refractivity (Wildman–Crippen MR) is 69.1 cm³/mol. The number of hydrogen-bond donors (Lipinski definition) is 0. The van der Waals surface area contributed by atoms with Gasteiger partial charge in [0.15, 0.2) is 0 Å². The maximum absolute atomic E-state index is 5.82. The molecule has 0 aliphatic rings. The van der Waals surface area contributed by atoms with Crippen molar-refractivity contribution in [1.29, 1.82) is 0 Å². The fourth-order valence-electron chi connectivity index (χ4n) is 1.72. The van der Waals surface area contributed by atoms with E-state index in [1.54, 1.807) is 6.20 Å². The van der Waals surface area contributed by atoms with E-state index in [2.05, 4.69) is 24.9 Å². The molecular weight excluding hydrogens is 210 g/mol. The number of pyridine rings is 1. The Morgan fingerprint density at radius 2 is 1.82 bits per heavy atom. The topological polar surface area (TPSA) is 22.1 Å². The average molecular weight is 227 g/mol. The molecule has 2 rings (SSSR count). The predicted octanol–water partition coefficient (Wildman–Crippen LogP) is 3.78. The lowest BCUT2D eigenvalue weighted by Crippen LogP contribution is -2.00. The van der Waals surface area contributed by atoms with Crippen molar-refractivity contribution in [2.24, 2.45) is 0 Å². The third kappa shape index (κ3) is 3.06. The van der Waals surface area contributed by atoms with Gasteiger partial charge in [0.05, 0.1) is 5.69 Å². The summed E-state index contributed by atoms with van der Waals surface area (Å²) in [4.78, 5) is 4.24. The van der Waals surface area contributed by atoms with Gasteiger partial charge in [-0.25, -0.2) is 0 Å². The maximum Gasteiger partial charge on any atom is 0.130 e. The molecule has 2 heteroatoms. The Morgan fingerprint density at radius 3 is 2.53 bits per heavy atom. The van der Waals surface area contributed by atoms with Crippen molar-refractivity contribution in [3.63, 3.8) is 0 Å². The summed E-state index contributed by atoms with van der Waals surface area (Å²) in [7, 11) is 0. The van der Waals surface area contributed by atoms with Gasteiger partial charge in [-0.05, 0) is 29.7 Å². The van der Waals surface area contributed by atoms with Crippen LogP contribution in [-0.4, -0.2) is 4.98 Å². The second-order valence-electron chi connectivity index (χ2n) is 4.30. The lowest BCUT2D eigenvalue weighted by atomic mass is 10.0. The zero-order valence-electron chi connectivity index (χ0n) is 10.3. The first-order chi connectivity index (χ1) is 8.27. The summed E-state index contributed by atoms with van der Waals surface area (Å²) >= 11 is 0. The van der Waals surface area contributed by atoms with Crippen molar-refractivity contribution in [2.45, 2.75) is 26.4 Å². The number of para-hydroxylation sites is 1. The number of ether oxygens (including phenoxy) is 1. The van der Waals surface area contributed by atoms with Crippen molar-refractivity contribution in [3.05, 3.63) is 59.9 Å². The van der Waals surface area contributed by atoms with Crippen LogP contribution in [0.3, 0.4) is 0 Å². The molecule has 0 saturated carbocycles. The first kappa shape index (κ1) is 11.6. The van der Waals surface area contributed by atoms with Crippen molar-refractivity contribution in [2.75, 3.05) is 0 Å². The molecule has 1 aromatic carbocycles. The third-order valence-electron chi connectivity index (χ3n) is 2.64. The number of nitrogens with zero attached hydrogens (tertiary/aromatic N) is 1. The molecule has 0 radical (unpaired) electrons. The van der Waals surface area contributed by atoms with Gasteiger partial charge in [-0.1, -0.05) is 38.1 Å². The minimum Gasteiger partial charge on any atom is -0.487 e. The monoisotopic (exact) mass is 227 g/mol. The van der Waals surface area contributed by atoms with Gasteiger partial charge in [-0.15, -0.1) is 0 Å². The molecule has 0 bridgehead atoms. The molecule has 2 aromatic rings. The molecule has 0 aliphatic heterocycles. The molecule has 0 saturated heterocycles. The van der Waals surface area contributed by atoms with Crippen LogP contribution in [0.1, 0.15) is 31.0 Å². The molecule has 2 nitrogen and oxygen atoms in total. The van der Waals surface area contributed by atoms with E-state index in [1.807, 2.05) is 36.4 Å². The molecule has 0 N–H and O–H groups in total. The largest absolute Gasteiger partial charge is 0.487 e. The summed E-state index contributed by atoms with van der Waals surface area (Å²) in [5.74, 6) is 1.42. The standard InChI is InChI=1S/C15H17NO/c1-12(2)14-8-3-4-9-15(14)17-11-13-7-5-6-10-16-13/h3-10,12H,11H2,1-2H3. The molecule has 17 heavy (non-hydrogen) atoms. The average Bonchev–Trinajstić information content (AvgIpc) is 2.38. The van der Waals surface area contributed by atoms with Gasteiger partial charge < -0.3 is 4.74 Å². The van der Waals surface area contributed by atoms with Crippen molar-refractivity contribution < 1.29 is 4.74 Å². The molecular formula is C15H17NO. The van der Waals surface area contributed by atoms with Gasteiger partial charge in [0.25, 0.3) is 0 Å². The summed E-state index contributed by atoms with van der Waals surface area (Å²) in [5, 5.41) is 0. The lowest BCUT2D eigenvalue weighted by molar-refractivity contribution is 0.297. The second kappa shape index (κ2) is 5.48. The Kier molecular flexibility index (Phi) is 3.76. The highest BCUT2D eigenvalue weighted by Crippen LogP contribution is 2.26. The number of hydrogen-bond acceptors (Lipinski definition) is 2. The van der Waals surface area contributed by atoms with Gasteiger partial charge in [-0.2, -0.15) is 0 Å². The Hall–Kier alpha value is -1.83.